The van der Waals surface area contributed by atoms with E-state index in [2.05, 4.69) is 48.8 Å². The molecule has 0 aliphatic heterocycles. The van der Waals surface area contributed by atoms with Crippen molar-refractivity contribution in [2.24, 2.45) is 11.8 Å². The predicted molar refractivity (Wildman–Crippen MR) is 76.2 cm³/mol. The molecule has 17 heavy (non-hydrogen) atoms. The van der Waals surface area contributed by atoms with E-state index in [0.29, 0.717) is 18.1 Å². The van der Waals surface area contributed by atoms with Gasteiger partial charge in [0.05, 0.1) is 0 Å². The van der Waals surface area contributed by atoms with Crippen LogP contribution in [-0.2, 0) is 17.6 Å². The maximum absolute atomic E-state index is 12.1. The molecule has 1 aromatic rings. The minimum atomic E-state index is 0.138. The first-order valence-corrected chi connectivity index (χ1v) is 7.05. The number of ketones is 1. The van der Waals surface area contributed by atoms with E-state index in [1.807, 2.05) is 13.0 Å². The molecule has 94 valence electrons. The van der Waals surface area contributed by atoms with Gasteiger partial charge < -0.3 is 0 Å². The lowest BCUT2D eigenvalue weighted by Crippen LogP contribution is -2.19. The van der Waals surface area contributed by atoms with Gasteiger partial charge in [0.15, 0.2) is 0 Å². The summed E-state index contributed by atoms with van der Waals surface area (Å²) in [5.41, 5.74) is 2.44. The van der Waals surface area contributed by atoms with E-state index in [0.717, 1.165) is 10.9 Å². The maximum atomic E-state index is 12.1. The molecule has 0 aromatic heterocycles. The Kier molecular flexibility index (Phi) is 5.38. The summed E-state index contributed by atoms with van der Waals surface area (Å²) in [5.74, 6) is 0.895. The summed E-state index contributed by atoms with van der Waals surface area (Å²) in [6.07, 6.45) is 1.54. The minimum absolute atomic E-state index is 0.138. The minimum Gasteiger partial charge on any atom is -0.299 e. The maximum Gasteiger partial charge on any atom is 0.140 e. The van der Waals surface area contributed by atoms with E-state index in [1.165, 1.54) is 11.1 Å². The van der Waals surface area contributed by atoms with Crippen LogP contribution in [0.2, 0.25) is 0 Å². The molecule has 1 atom stereocenters. The second kappa shape index (κ2) is 6.34. The molecule has 0 aliphatic carbocycles. The number of hydrogen-bond acceptors (Lipinski definition) is 1. The van der Waals surface area contributed by atoms with Gasteiger partial charge in [-0.3, -0.25) is 4.79 Å². The first-order valence-electron chi connectivity index (χ1n) is 6.25. The summed E-state index contributed by atoms with van der Waals surface area (Å²) < 4.78 is 1.05. The number of aryl methyl sites for hydroxylation is 1. The van der Waals surface area contributed by atoms with Gasteiger partial charge in [0.25, 0.3) is 0 Å². The van der Waals surface area contributed by atoms with Crippen LogP contribution in [0.1, 0.15) is 38.8 Å². The van der Waals surface area contributed by atoms with E-state index < -0.39 is 0 Å². The third-order valence-corrected chi connectivity index (χ3v) is 3.92. The van der Waals surface area contributed by atoms with Crippen molar-refractivity contribution in [1.82, 2.24) is 0 Å². The van der Waals surface area contributed by atoms with Gasteiger partial charge in [0, 0.05) is 16.8 Å². The van der Waals surface area contributed by atoms with Crippen LogP contribution in [0.3, 0.4) is 0 Å². The normalized spacial score (nSPS) is 12.8. The molecule has 1 nitrogen and oxygen atoms in total. The zero-order chi connectivity index (χ0) is 13.0. The van der Waals surface area contributed by atoms with Gasteiger partial charge in [-0.25, -0.2) is 0 Å². The van der Waals surface area contributed by atoms with Crippen LogP contribution >= 0.6 is 15.9 Å². The van der Waals surface area contributed by atoms with Crippen LogP contribution in [0.5, 0.6) is 0 Å². The highest BCUT2D eigenvalue weighted by Gasteiger charge is 2.17. The van der Waals surface area contributed by atoms with E-state index >= 15 is 0 Å². The third-order valence-electron chi connectivity index (χ3n) is 3.42. The summed E-state index contributed by atoms with van der Waals surface area (Å²) in [5, 5.41) is 0. The summed E-state index contributed by atoms with van der Waals surface area (Å²) >= 11 is 3.47. The second-order valence-corrected chi connectivity index (χ2v) is 5.86. The van der Waals surface area contributed by atoms with E-state index in [9.17, 15) is 4.79 Å². The van der Waals surface area contributed by atoms with Crippen LogP contribution in [0.25, 0.3) is 0 Å². The Morgan fingerprint density at radius 2 is 1.88 bits per heavy atom. The van der Waals surface area contributed by atoms with Crippen LogP contribution in [0.15, 0.2) is 22.7 Å². The molecule has 1 rings (SSSR count). The molecule has 0 fully saturated rings. The Morgan fingerprint density at radius 3 is 2.41 bits per heavy atom. The zero-order valence-corrected chi connectivity index (χ0v) is 12.7. The van der Waals surface area contributed by atoms with Gasteiger partial charge >= 0.3 is 0 Å². The van der Waals surface area contributed by atoms with Crippen molar-refractivity contribution < 1.29 is 4.79 Å². The standard InChI is InChI=1S/C15H21BrO/c1-5-12-6-7-14(16)8-13(12)9-15(17)11(4)10(2)3/h6-8,10-11H,5,9H2,1-4H3. The number of carbonyl (C=O) groups is 1. The highest BCUT2D eigenvalue weighted by Crippen LogP contribution is 2.20. The van der Waals surface area contributed by atoms with Crippen molar-refractivity contribution in [2.45, 2.75) is 40.5 Å². The molecular weight excluding hydrogens is 276 g/mol. The molecule has 0 spiro atoms. The Bertz CT molecular complexity index is 396. The molecule has 2 heteroatoms. The Balaban J connectivity index is 2.87. The summed E-state index contributed by atoms with van der Waals surface area (Å²) in [6.45, 7) is 8.36. The third kappa shape index (κ3) is 3.95. The summed E-state index contributed by atoms with van der Waals surface area (Å²) in [4.78, 5) is 12.1. The fourth-order valence-corrected chi connectivity index (χ4v) is 2.23. The zero-order valence-electron chi connectivity index (χ0n) is 11.1. The number of halogens is 1. The van der Waals surface area contributed by atoms with Crippen molar-refractivity contribution in [1.29, 1.82) is 0 Å². The van der Waals surface area contributed by atoms with Crippen LogP contribution in [-0.4, -0.2) is 5.78 Å². The molecule has 0 bridgehead atoms. The van der Waals surface area contributed by atoms with Gasteiger partial charge in [0.1, 0.15) is 5.78 Å². The topological polar surface area (TPSA) is 17.1 Å². The molecule has 0 radical (unpaired) electrons. The van der Waals surface area contributed by atoms with Gasteiger partial charge in [0.2, 0.25) is 0 Å². The van der Waals surface area contributed by atoms with E-state index in [4.69, 9.17) is 0 Å². The fraction of sp³-hybridized carbons (Fsp3) is 0.533. The van der Waals surface area contributed by atoms with Crippen molar-refractivity contribution in [2.75, 3.05) is 0 Å². The Labute approximate surface area is 113 Å². The fourth-order valence-electron chi connectivity index (χ4n) is 1.82. The monoisotopic (exact) mass is 296 g/mol. The van der Waals surface area contributed by atoms with Gasteiger partial charge in [-0.2, -0.15) is 0 Å². The predicted octanol–water partition coefficient (Wildman–Crippen LogP) is 4.42. The highest BCUT2D eigenvalue weighted by atomic mass is 79.9. The van der Waals surface area contributed by atoms with Crippen LogP contribution < -0.4 is 0 Å². The van der Waals surface area contributed by atoms with E-state index in [-0.39, 0.29) is 5.92 Å². The lowest BCUT2D eigenvalue weighted by atomic mass is 9.89. The van der Waals surface area contributed by atoms with E-state index in [1.54, 1.807) is 0 Å². The average molecular weight is 297 g/mol. The molecular formula is C15H21BrO. The van der Waals surface area contributed by atoms with Gasteiger partial charge in [-0.05, 0) is 35.6 Å². The van der Waals surface area contributed by atoms with Crippen molar-refractivity contribution in [3.63, 3.8) is 0 Å². The first kappa shape index (κ1) is 14.4. The summed E-state index contributed by atoms with van der Waals surface area (Å²) in [7, 11) is 0. The number of benzene rings is 1. The number of Topliss-reactive ketones (excluding diaryl/α,β-unsaturated/α-hetero) is 1. The first-order chi connectivity index (χ1) is 7.95. The van der Waals surface area contributed by atoms with Crippen LogP contribution in [0, 0.1) is 11.8 Å². The highest BCUT2D eigenvalue weighted by molar-refractivity contribution is 9.10. The number of carbonyl (C=O) groups excluding carboxylic acids is 1. The molecule has 1 aromatic carbocycles. The molecule has 1 unspecified atom stereocenters. The Hall–Kier alpha value is -0.630. The largest absolute Gasteiger partial charge is 0.299 e. The molecule has 0 saturated carbocycles. The lowest BCUT2D eigenvalue weighted by molar-refractivity contribution is -0.122. The Morgan fingerprint density at radius 1 is 1.24 bits per heavy atom. The quantitative estimate of drug-likeness (QED) is 0.786. The van der Waals surface area contributed by atoms with Crippen molar-refractivity contribution in [3.05, 3.63) is 33.8 Å². The second-order valence-electron chi connectivity index (χ2n) is 4.94. The molecule has 0 amide bonds. The van der Waals surface area contributed by atoms with Gasteiger partial charge in [-0.1, -0.05) is 49.7 Å². The van der Waals surface area contributed by atoms with Crippen LogP contribution in [0.4, 0.5) is 0 Å². The van der Waals surface area contributed by atoms with Gasteiger partial charge in [-0.15, -0.1) is 0 Å². The molecule has 0 N–H and O–H groups in total. The lowest BCUT2D eigenvalue weighted by Gasteiger charge is -2.15. The average Bonchev–Trinajstić information content (AvgIpc) is 2.28. The van der Waals surface area contributed by atoms with Crippen molar-refractivity contribution in [3.8, 4) is 0 Å². The summed E-state index contributed by atoms with van der Waals surface area (Å²) in [6, 6.07) is 6.22. The smallest absolute Gasteiger partial charge is 0.140 e. The number of hydrogen-bond donors (Lipinski definition) is 0. The molecule has 0 saturated heterocycles. The number of rotatable bonds is 5. The van der Waals surface area contributed by atoms with Crippen molar-refractivity contribution >= 4 is 21.7 Å². The molecule has 0 aliphatic rings. The molecule has 0 heterocycles. The SMILES string of the molecule is CCc1ccc(Br)cc1CC(=O)C(C)C(C)C.